The molecule has 7 nitrogen and oxygen atoms in total. The molecule has 22 heavy (non-hydrogen) atoms. The Labute approximate surface area is 126 Å². The van der Waals surface area contributed by atoms with Crippen LogP contribution in [0.15, 0.2) is 55.2 Å². The number of pyridine rings is 2. The van der Waals surface area contributed by atoms with E-state index in [-0.39, 0.29) is 17.3 Å². The highest BCUT2D eigenvalue weighted by Crippen LogP contribution is 2.17. The standard InChI is InChI=1S/C15H12N6O/c16-13-12(15(22)20-11-3-7-18-8-4-11)9-19-14(21-13)10-1-5-17-6-2-10/h1-9H,(H2,16,19,21)(H,18,20,22). The lowest BCUT2D eigenvalue weighted by atomic mass is 10.2. The van der Waals surface area contributed by atoms with Crippen LogP contribution in [-0.2, 0) is 0 Å². The van der Waals surface area contributed by atoms with E-state index < -0.39 is 0 Å². The van der Waals surface area contributed by atoms with Crippen molar-refractivity contribution in [1.82, 2.24) is 19.9 Å². The normalized spacial score (nSPS) is 10.2. The van der Waals surface area contributed by atoms with Crippen LogP contribution in [0.5, 0.6) is 0 Å². The molecule has 0 bridgehead atoms. The first-order chi connectivity index (χ1) is 10.7. The van der Waals surface area contributed by atoms with Gasteiger partial charge in [-0.1, -0.05) is 0 Å². The van der Waals surface area contributed by atoms with Gasteiger partial charge in [0.15, 0.2) is 5.82 Å². The van der Waals surface area contributed by atoms with Crippen molar-refractivity contribution >= 4 is 17.4 Å². The first-order valence-corrected chi connectivity index (χ1v) is 6.48. The van der Waals surface area contributed by atoms with Crippen LogP contribution < -0.4 is 11.1 Å². The zero-order valence-corrected chi connectivity index (χ0v) is 11.5. The van der Waals surface area contributed by atoms with E-state index in [2.05, 4.69) is 25.3 Å². The molecule has 0 fully saturated rings. The summed E-state index contributed by atoms with van der Waals surface area (Å²) in [5, 5.41) is 2.71. The first kappa shape index (κ1) is 13.6. The van der Waals surface area contributed by atoms with Gasteiger partial charge in [0.05, 0.1) is 0 Å². The van der Waals surface area contributed by atoms with Gasteiger partial charge < -0.3 is 11.1 Å². The summed E-state index contributed by atoms with van der Waals surface area (Å²) >= 11 is 0. The molecule has 0 saturated heterocycles. The van der Waals surface area contributed by atoms with Crippen molar-refractivity contribution < 1.29 is 4.79 Å². The van der Waals surface area contributed by atoms with Crippen molar-refractivity contribution in [3.05, 3.63) is 60.8 Å². The van der Waals surface area contributed by atoms with Gasteiger partial charge in [-0.05, 0) is 24.3 Å². The Morgan fingerprint density at radius 3 is 2.27 bits per heavy atom. The average molecular weight is 292 g/mol. The number of nitrogens with two attached hydrogens (primary N) is 1. The Balaban J connectivity index is 1.85. The fourth-order valence-electron chi connectivity index (χ4n) is 1.84. The largest absolute Gasteiger partial charge is 0.383 e. The van der Waals surface area contributed by atoms with Gasteiger partial charge in [0.2, 0.25) is 0 Å². The predicted molar refractivity (Wildman–Crippen MR) is 81.9 cm³/mol. The van der Waals surface area contributed by atoms with E-state index in [1.54, 1.807) is 49.1 Å². The number of carbonyl (C=O) groups excluding carboxylic acids is 1. The predicted octanol–water partition coefficient (Wildman–Crippen LogP) is 1.77. The minimum atomic E-state index is -0.370. The monoisotopic (exact) mass is 292 g/mol. The summed E-state index contributed by atoms with van der Waals surface area (Å²) in [4.78, 5) is 28.3. The molecule has 108 valence electrons. The summed E-state index contributed by atoms with van der Waals surface area (Å²) in [6.45, 7) is 0. The van der Waals surface area contributed by atoms with Crippen LogP contribution in [0.2, 0.25) is 0 Å². The van der Waals surface area contributed by atoms with Crippen molar-refractivity contribution in [1.29, 1.82) is 0 Å². The summed E-state index contributed by atoms with van der Waals surface area (Å²) in [6.07, 6.45) is 7.86. The number of hydrogen-bond acceptors (Lipinski definition) is 6. The van der Waals surface area contributed by atoms with E-state index in [4.69, 9.17) is 5.73 Å². The number of rotatable bonds is 3. The SMILES string of the molecule is Nc1nc(-c2ccncc2)ncc1C(=O)Nc1ccncc1. The molecule has 3 aromatic heterocycles. The summed E-state index contributed by atoms with van der Waals surface area (Å²) in [5.41, 5.74) is 7.49. The minimum Gasteiger partial charge on any atom is -0.383 e. The highest BCUT2D eigenvalue weighted by Gasteiger charge is 2.13. The molecule has 3 heterocycles. The number of nitrogens with one attached hydrogen (secondary N) is 1. The van der Waals surface area contributed by atoms with Crippen molar-refractivity contribution in [2.45, 2.75) is 0 Å². The van der Waals surface area contributed by atoms with E-state index >= 15 is 0 Å². The molecular formula is C15H12N6O. The number of carbonyl (C=O) groups is 1. The second kappa shape index (κ2) is 5.96. The van der Waals surface area contributed by atoms with Gasteiger partial charge in [-0.25, -0.2) is 9.97 Å². The molecule has 0 atom stereocenters. The van der Waals surface area contributed by atoms with E-state index in [0.29, 0.717) is 11.5 Å². The lowest BCUT2D eigenvalue weighted by Gasteiger charge is -2.07. The Morgan fingerprint density at radius 1 is 1.00 bits per heavy atom. The Bertz CT molecular complexity index is 792. The molecule has 3 aromatic rings. The molecule has 3 rings (SSSR count). The number of nitrogen functional groups attached to an aromatic ring is 1. The van der Waals surface area contributed by atoms with Crippen LogP contribution >= 0.6 is 0 Å². The fraction of sp³-hybridized carbons (Fsp3) is 0. The zero-order valence-electron chi connectivity index (χ0n) is 11.5. The molecule has 0 aliphatic rings. The highest BCUT2D eigenvalue weighted by molar-refractivity contribution is 6.07. The molecule has 3 N–H and O–H groups in total. The van der Waals surface area contributed by atoms with Crippen LogP contribution in [0.25, 0.3) is 11.4 Å². The third-order valence-electron chi connectivity index (χ3n) is 2.94. The molecule has 1 amide bonds. The lowest BCUT2D eigenvalue weighted by Crippen LogP contribution is -2.15. The molecule has 0 saturated carbocycles. The second-order valence-corrected chi connectivity index (χ2v) is 4.42. The highest BCUT2D eigenvalue weighted by atomic mass is 16.1. The smallest absolute Gasteiger partial charge is 0.260 e. The van der Waals surface area contributed by atoms with Gasteiger partial charge in [-0.2, -0.15) is 0 Å². The number of hydrogen-bond donors (Lipinski definition) is 2. The fourth-order valence-corrected chi connectivity index (χ4v) is 1.84. The van der Waals surface area contributed by atoms with Crippen LogP contribution in [0.1, 0.15) is 10.4 Å². The van der Waals surface area contributed by atoms with Crippen molar-refractivity contribution in [3.8, 4) is 11.4 Å². The summed E-state index contributed by atoms with van der Waals surface area (Å²) in [6, 6.07) is 6.90. The van der Waals surface area contributed by atoms with Gasteiger partial charge in [0.1, 0.15) is 11.4 Å². The number of aromatic nitrogens is 4. The topological polar surface area (TPSA) is 107 Å². The van der Waals surface area contributed by atoms with E-state index in [9.17, 15) is 4.79 Å². The van der Waals surface area contributed by atoms with Crippen LogP contribution in [0, 0.1) is 0 Å². The van der Waals surface area contributed by atoms with Crippen molar-refractivity contribution in [3.63, 3.8) is 0 Å². The first-order valence-electron chi connectivity index (χ1n) is 6.48. The maximum atomic E-state index is 12.2. The van der Waals surface area contributed by atoms with Gasteiger partial charge in [0.25, 0.3) is 5.91 Å². The number of amides is 1. The Morgan fingerprint density at radius 2 is 1.64 bits per heavy atom. The maximum Gasteiger partial charge on any atom is 0.260 e. The quantitative estimate of drug-likeness (QED) is 0.762. The molecular weight excluding hydrogens is 280 g/mol. The summed E-state index contributed by atoms with van der Waals surface area (Å²) in [7, 11) is 0. The molecule has 0 aliphatic carbocycles. The zero-order chi connectivity index (χ0) is 15.4. The van der Waals surface area contributed by atoms with E-state index in [1.165, 1.54) is 6.20 Å². The Kier molecular flexibility index (Phi) is 3.69. The van der Waals surface area contributed by atoms with Gasteiger partial charge in [-0.15, -0.1) is 0 Å². The van der Waals surface area contributed by atoms with Crippen LogP contribution in [0.4, 0.5) is 11.5 Å². The van der Waals surface area contributed by atoms with E-state index in [0.717, 1.165) is 5.56 Å². The molecule has 0 aliphatic heterocycles. The van der Waals surface area contributed by atoms with Gasteiger partial charge >= 0.3 is 0 Å². The van der Waals surface area contributed by atoms with Gasteiger partial charge in [-0.3, -0.25) is 14.8 Å². The molecule has 7 heteroatoms. The third-order valence-corrected chi connectivity index (χ3v) is 2.94. The summed E-state index contributed by atoms with van der Waals surface area (Å²) in [5.74, 6) is 0.193. The average Bonchev–Trinajstić information content (AvgIpc) is 2.56. The van der Waals surface area contributed by atoms with Crippen molar-refractivity contribution in [2.75, 3.05) is 11.1 Å². The Hall–Kier alpha value is -3.35. The summed E-state index contributed by atoms with van der Waals surface area (Å²) < 4.78 is 0. The minimum absolute atomic E-state index is 0.119. The van der Waals surface area contributed by atoms with Crippen molar-refractivity contribution in [2.24, 2.45) is 0 Å². The number of nitrogens with zero attached hydrogens (tertiary/aromatic N) is 4. The molecule has 0 radical (unpaired) electrons. The molecule has 0 aromatic carbocycles. The number of anilines is 2. The van der Waals surface area contributed by atoms with Crippen LogP contribution in [-0.4, -0.2) is 25.8 Å². The lowest BCUT2D eigenvalue weighted by molar-refractivity contribution is 0.102. The van der Waals surface area contributed by atoms with Gasteiger partial charge in [0, 0.05) is 42.2 Å². The van der Waals surface area contributed by atoms with Crippen LogP contribution in [0.3, 0.4) is 0 Å². The third kappa shape index (κ3) is 2.88. The van der Waals surface area contributed by atoms with E-state index in [1.807, 2.05) is 0 Å². The molecule has 0 spiro atoms. The maximum absolute atomic E-state index is 12.2. The second-order valence-electron chi connectivity index (χ2n) is 4.42. The molecule has 0 unspecified atom stereocenters.